The maximum absolute atomic E-state index is 13.1. The number of fused-ring (bicyclic) bond motifs is 1. The number of urea groups is 1. The third-order valence-electron chi connectivity index (χ3n) is 5.99. The van der Waals surface area contributed by atoms with Crippen molar-refractivity contribution in [2.75, 3.05) is 26.7 Å². The van der Waals surface area contributed by atoms with E-state index in [1.807, 2.05) is 37.3 Å². The Balaban J connectivity index is 1.53. The Morgan fingerprint density at radius 1 is 1.06 bits per heavy atom. The summed E-state index contributed by atoms with van der Waals surface area (Å²) in [6, 6.07) is 15.0. The molecular weight excluding hydrogens is 413 g/mol. The Hall–Kier alpha value is -3.46. The molecule has 4 rings (SSSR count). The number of halogens is 1. The number of hydrazine groups is 1. The van der Waals surface area contributed by atoms with E-state index in [-0.39, 0.29) is 55.9 Å². The fraction of sp³-hybridized carbons (Fsp3) is 0.348. The minimum atomic E-state index is -0.613. The van der Waals surface area contributed by atoms with Crippen molar-refractivity contribution >= 4 is 17.8 Å². The Morgan fingerprint density at radius 3 is 2.44 bits per heavy atom. The standard InChI is InChI=1S/C23H26FN5O3/c1-16(18-6-4-3-5-7-18)27-13-20-28(15-22(27)31)21(30)14-26(2)29(20)23(32)25-12-17-8-10-19(24)11-9-17/h3-11,16,20H,12-15H2,1-2H3,(H,25,32). The number of benzene rings is 2. The van der Waals surface area contributed by atoms with Crippen LogP contribution in [0.5, 0.6) is 0 Å². The first-order chi connectivity index (χ1) is 15.3. The Bertz CT molecular complexity index is 1000. The maximum atomic E-state index is 13.1. The van der Waals surface area contributed by atoms with E-state index in [0.717, 1.165) is 11.1 Å². The number of carbonyl (C=O) groups excluding carboxylic acids is 3. The number of hydrogen-bond donors (Lipinski definition) is 1. The van der Waals surface area contributed by atoms with E-state index in [4.69, 9.17) is 0 Å². The Kier molecular flexibility index (Phi) is 6.09. The van der Waals surface area contributed by atoms with Gasteiger partial charge in [0.2, 0.25) is 11.8 Å². The summed E-state index contributed by atoms with van der Waals surface area (Å²) < 4.78 is 13.1. The van der Waals surface area contributed by atoms with Crippen LogP contribution in [0.15, 0.2) is 54.6 Å². The van der Waals surface area contributed by atoms with Gasteiger partial charge in [-0.25, -0.2) is 19.2 Å². The minimum absolute atomic E-state index is 0.00197. The van der Waals surface area contributed by atoms with Gasteiger partial charge in [0, 0.05) is 13.6 Å². The second-order valence-electron chi connectivity index (χ2n) is 8.08. The summed E-state index contributed by atoms with van der Waals surface area (Å²) >= 11 is 0. The van der Waals surface area contributed by atoms with Crippen LogP contribution in [0.4, 0.5) is 9.18 Å². The van der Waals surface area contributed by atoms with Gasteiger partial charge in [0.1, 0.15) is 18.5 Å². The highest BCUT2D eigenvalue weighted by atomic mass is 19.1. The van der Waals surface area contributed by atoms with Crippen molar-refractivity contribution in [3.8, 4) is 0 Å². The third kappa shape index (κ3) is 4.29. The van der Waals surface area contributed by atoms with E-state index < -0.39 is 6.17 Å². The number of nitrogens with zero attached hydrogens (tertiary/aromatic N) is 4. The predicted octanol–water partition coefficient (Wildman–Crippen LogP) is 1.96. The van der Waals surface area contributed by atoms with Crippen LogP contribution in [-0.2, 0) is 16.1 Å². The van der Waals surface area contributed by atoms with Gasteiger partial charge in [-0.1, -0.05) is 42.5 Å². The predicted molar refractivity (Wildman–Crippen MR) is 115 cm³/mol. The monoisotopic (exact) mass is 439 g/mol. The quantitative estimate of drug-likeness (QED) is 0.790. The summed E-state index contributed by atoms with van der Waals surface area (Å²) in [4.78, 5) is 41.8. The highest BCUT2D eigenvalue weighted by molar-refractivity contribution is 5.89. The number of likely N-dealkylation sites (N-methyl/N-ethyl adjacent to an activating group) is 1. The Morgan fingerprint density at radius 2 is 1.75 bits per heavy atom. The average molecular weight is 439 g/mol. The number of piperazine rings is 1. The van der Waals surface area contributed by atoms with Crippen LogP contribution in [0.25, 0.3) is 0 Å². The van der Waals surface area contributed by atoms with Crippen molar-refractivity contribution < 1.29 is 18.8 Å². The number of hydrogen-bond acceptors (Lipinski definition) is 4. The molecule has 0 radical (unpaired) electrons. The summed E-state index contributed by atoms with van der Waals surface area (Å²) in [7, 11) is 1.67. The molecule has 168 valence electrons. The molecule has 2 heterocycles. The zero-order valence-electron chi connectivity index (χ0n) is 18.1. The van der Waals surface area contributed by atoms with Gasteiger partial charge >= 0.3 is 6.03 Å². The van der Waals surface area contributed by atoms with E-state index in [1.165, 1.54) is 22.0 Å². The van der Waals surface area contributed by atoms with Crippen LogP contribution in [-0.4, -0.2) is 70.5 Å². The summed E-state index contributed by atoms with van der Waals surface area (Å²) in [6.45, 7) is 2.29. The molecule has 2 saturated heterocycles. The third-order valence-corrected chi connectivity index (χ3v) is 5.99. The van der Waals surface area contributed by atoms with Crippen LogP contribution < -0.4 is 5.32 Å². The largest absolute Gasteiger partial charge is 0.334 e. The molecule has 8 nitrogen and oxygen atoms in total. The molecule has 1 N–H and O–H groups in total. The second kappa shape index (κ2) is 8.96. The topological polar surface area (TPSA) is 76.2 Å². The molecule has 2 aliphatic heterocycles. The van der Waals surface area contributed by atoms with Crippen molar-refractivity contribution in [3.05, 3.63) is 71.5 Å². The van der Waals surface area contributed by atoms with Crippen LogP contribution in [0.2, 0.25) is 0 Å². The molecule has 0 aromatic heterocycles. The van der Waals surface area contributed by atoms with Gasteiger partial charge in [0.05, 0.1) is 19.1 Å². The van der Waals surface area contributed by atoms with Gasteiger partial charge in [-0.2, -0.15) is 0 Å². The number of nitrogens with one attached hydrogen (secondary N) is 1. The molecular formula is C23H26FN5O3. The summed E-state index contributed by atoms with van der Waals surface area (Å²) in [5, 5.41) is 5.90. The first-order valence-electron chi connectivity index (χ1n) is 10.5. The fourth-order valence-corrected chi connectivity index (χ4v) is 4.21. The molecule has 0 bridgehead atoms. The van der Waals surface area contributed by atoms with Crippen molar-refractivity contribution in [1.29, 1.82) is 0 Å². The lowest BCUT2D eigenvalue weighted by molar-refractivity contribution is -0.180. The summed E-state index contributed by atoms with van der Waals surface area (Å²) in [6.07, 6.45) is -0.613. The first kappa shape index (κ1) is 21.8. The lowest BCUT2D eigenvalue weighted by Crippen LogP contribution is -2.73. The molecule has 0 aliphatic carbocycles. The van der Waals surface area contributed by atoms with Crippen molar-refractivity contribution in [1.82, 2.24) is 25.1 Å². The SMILES string of the molecule is CC(c1ccccc1)N1CC2N(CC1=O)C(=O)CN(C)N2C(=O)NCc1ccc(F)cc1. The molecule has 4 amide bonds. The van der Waals surface area contributed by atoms with E-state index in [9.17, 15) is 18.8 Å². The molecule has 0 saturated carbocycles. The molecule has 0 spiro atoms. The molecule has 9 heteroatoms. The highest BCUT2D eigenvalue weighted by Gasteiger charge is 2.46. The van der Waals surface area contributed by atoms with Crippen molar-refractivity contribution in [2.24, 2.45) is 0 Å². The number of rotatable bonds is 4. The van der Waals surface area contributed by atoms with Gasteiger partial charge in [-0.15, -0.1) is 0 Å². The molecule has 2 fully saturated rings. The van der Waals surface area contributed by atoms with Crippen LogP contribution >= 0.6 is 0 Å². The van der Waals surface area contributed by atoms with Crippen molar-refractivity contribution in [2.45, 2.75) is 25.7 Å². The van der Waals surface area contributed by atoms with Crippen LogP contribution in [0, 0.1) is 5.82 Å². The van der Waals surface area contributed by atoms with Gasteiger partial charge in [-0.05, 0) is 30.2 Å². The van der Waals surface area contributed by atoms with E-state index >= 15 is 0 Å². The zero-order valence-corrected chi connectivity index (χ0v) is 18.1. The fourth-order valence-electron chi connectivity index (χ4n) is 4.21. The maximum Gasteiger partial charge on any atom is 0.334 e. The molecule has 2 atom stereocenters. The molecule has 32 heavy (non-hydrogen) atoms. The van der Waals surface area contributed by atoms with E-state index in [1.54, 1.807) is 29.1 Å². The van der Waals surface area contributed by atoms with Crippen molar-refractivity contribution in [3.63, 3.8) is 0 Å². The Labute approximate surface area is 186 Å². The minimum Gasteiger partial charge on any atom is -0.333 e. The summed E-state index contributed by atoms with van der Waals surface area (Å²) in [5.41, 5.74) is 1.74. The molecule has 2 unspecified atom stereocenters. The number of amides is 4. The van der Waals surface area contributed by atoms with Crippen LogP contribution in [0.1, 0.15) is 24.1 Å². The lowest BCUT2D eigenvalue weighted by atomic mass is 10.0. The number of carbonyl (C=O) groups is 3. The van der Waals surface area contributed by atoms with Gasteiger partial charge in [0.25, 0.3) is 0 Å². The smallest absolute Gasteiger partial charge is 0.333 e. The first-order valence-corrected chi connectivity index (χ1v) is 10.5. The van der Waals surface area contributed by atoms with Gasteiger partial charge < -0.3 is 15.1 Å². The molecule has 2 aliphatic rings. The van der Waals surface area contributed by atoms with Gasteiger partial charge in [0.15, 0.2) is 0 Å². The van der Waals surface area contributed by atoms with E-state index in [0.29, 0.717) is 0 Å². The van der Waals surface area contributed by atoms with E-state index in [2.05, 4.69) is 5.32 Å². The van der Waals surface area contributed by atoms with Crippen LogP contribution in [0.3, 0.4) is 0 Å². The average Bonchev–Trinajstić information content (AvgIpc) is 2.79. The van der Waals surface area contributed by atoms with Gasteiger partial charge in [-0.3, -0.25) is 9.59 Å². The molecule has 2 aromatic rings. The zero-order chi connectivity index (χ0) is 22.8. The summed E-state index contributed by atoms with van der Waals surface area (Å²) in [5.74, 6) is -0.688. The lowest BCUT2D eigenvalue weighted by Gasteiger charge is -2.52. The molecule has 2 aromatic carbocycles. The highest BCUT2D eigenvalue weighted by Crippen LogP contribution is 2.28. The second-order valence-corrected chi connectivity index (χ2v) is 8.08. The normalized spacial score (nSPS) is 20.2.